The molecule has 4 rings (SSSR count). The molecule has 0 aromatic carbocycles. The molecule has 0 aromatic heterocycles. The van der Waals surface area contributed by atoms with Gasteiger partial charge in [0, 0.05) is 12.3 Å². The molecule has 0 amide bonds. The quantitative estimate of drug-likeness (QED) is 0.605. The minimum Gasteiger partial charge on any atom is -0.393 e. The maximum Gasteiger partial charge on any atom is 0.158 e. The van der Waals surface area contributed by atoms with Crippen molar-refractivity contribution in [3.8, 4) is 0 Å². The molecule has 4 aliphatic carbocycles. The van der Waals surface area contributed by atoms with Crippen molar-refractivity contribution in [1.82, 2.24) is 0 Å². The molecule has 0 bridgehead atoms. The summed E-state index contributed by atoms with van der Waals surface area (Å²) in [5.41, 5.74) is 3.56. The van der Waals surface area contributed by atoms with Gasteiger partial charge in [-0.05, 0) is 91.8 Å². The van der Waals surface area contributed by atoms with Gasteiger partial charge in [-0.15, -0.1) is 0 Å². The van der Waals surface area contributed by atoms with Crippen molar-refractivity contribution >= 4 is 5.78 Å². The Labute approximate surface area is 181 Å². The van der Waals surface area contributed by atoms with Crippen LogP contribution in [-0.2, 0) is 4.79 Å². The molecule has 4 fully saturated rings. The lowest BCUT2D eigenvalue weighted by Crippen LogP contribution is -2.35. The standard InChI is InChI=1S/C27H38O3/c1-17(6-13-25(29)20-8-9-20)23-11-12-24-19(5-4-14-27(23,24)3)7-10-21-15-22(28)16-26(30)18(21)2/h6-7,10,13,17,20,22-24,26,28,30H,2,4-5,8-9,11-12,14-16H2,1,3H3/b13-6+,19-7+,21-10-/t17-,22-,23-,24?,26+,27-/m1/s1. The molecule has 4 aliphatic rings. The number of fused-ring (bicyclic) bond motifs is 1. The van der Waals surface area contributed by atoms with Crippen molar-refractivity contribution in [3.05, 3.63) is 47.6 Å². The highest BCUT2D eigenvalue weighted by atomic mass is 16.3. The van der Waals surface area contributed by atoms with E-state index in [0.29, 0.717) is 42.3 Å². The number of carbonyl (C=O) groups excluding carboxylic acids is 1. The van der Waals surface area contributed by atoms with Crippen LogP contribution in [-0.4, -0.2) is 28.2 Å². The maximum absolute atomic E-state index is 12.1. The van der Waals surface area contributed by atoms with Crippen molar-refractivity contribution in [2.75, 3.05) is 0 Å². The first-order chi connectivity index (χ1) is 14.3. The summed E-state index contributed by atoms with van der Waals surface area (Å²) in [5.74, 6) is 2.28. The third-order valence-corrected chi connectivity index (χ3v) is 8.48. The maximum atomic E-state index is 12.1. The zero-order chi connectivity index (χ0) is 21.5. The van der Waals surface area contributed by atoms with Crippen molar-refractivity contribution in [2.24, 2.45) is 29.1 Å². The largest absolute Gasteiger partial charge is 0.393 e. The van der Waals surface area contributed by atoms with Gasteiger partial charge < -0.3 is 10.2 Å². The molecule has 0 aliphatic heterocycles. The van der Waals surface area contributed by atoms with Crippen LogP contribution in [0.5, 0.6) is 0 Å². The van der Waals surface area contributed by atoms with Crippen LogP contribution in [0.4, 0.5) is 0 Å². The lowest BCUT2D eigenvalue weighted by atomic mass is 9.61. The summed E-state index contributed by atoms with van der Waals surface area (Å²) in [6.45, 7) is 8.81. The topological polar surface area (TPSA) is 57.5 Å². The van der Waals surface area contributed by atoms with E-state index in [-0.39, 0.29) is 5.41 Å². The zero-order valence-electron chi connectivity index (χ0n) is 18.6. The first-order valence-corrected chi connectivity index (χ1v) is 12.0. The molecule has 3 nitrogen and oxygen atoms in total. The molecule has 1 unspecified atom stereocenters. The average Bonchev–Trinajstić information content (AvgIpc) is 3.49. The molecule has 0 heterocycles. The predicted molar refractivity (Wildman–Crippen MR) is 121 cm³/mol. The fraction of sp³-hybridized carbons (Fsp3) is 0.667. The highest BCUT2D eigenvalue weighted by Gasteiger charge is 2.50. The van der Waals surface area contributed by atoms with E-state index in [1.54, 1.807) is 0 Å². The van der Waals surface area contributed by atoms with Crippen molar-refractivity contribution in [3.63, 3.8) is 0 Å². The Morgan fingerprint density at radius 3 is 2.70 bits per heavy atom. The second-order valence-corrected chi connectivity index (χ2v) is 10.6. The lowest BCUT2D eigenvalue weighted by Gasteiger charge is -2.44. The monoisotopic (exact) mass is 410 g/mol. The highest BCUT2D eigenvalue weighted by Crippen LogP contribution is 2.59. The average molecular weight is 411 g/mol. The van der Waals surface area contributed by atoms with Crippen LogP contribution in [0.25, 0.3) is 0 Å². The van der Waals surface area contributed by atoms with Gasteiger partial charge in [-0.1, -0.05) is 44.2 Å². The van der Waals surface area contributed by atoms with Crippen LogP contribution in [0, 0.1) is 29.1 Å². The van der Waals surface area contributed by atoms with Crippen LogP contribution in [0.2, 0.25) is 0 Å². The zero-order valence-corrected chi connectivity index (χ0v) is 18.6. The Morgan fingerprint density at radius 2 is 1.97 bits per heavy atom. The Kier molecular flexibility index (Phi) is 6.23. The number of rotatable bonds is 5. The number of aliphatic hydroxyl groups excluding tert-OH is 2. The molecule has 6 atom stereocenters. The van der Waals surface area contributed by atoms with Gasteiger partial charge in [0.15, 0.2) is 5.78 Å². The van der Waals surface area contributed by atoms with Crippen molar-refractivity contribution in [2.45, 2.75) is 83.8 Å². The van der Waals surface area contributed by atoms with E-state index in [1.807, 2.05) is 6.08 Å². The second kappa shape index (κ2) is 8.59. The SMILES string of the molecule is C=C1/C(=C\C=C2/CCC[C@@]3(C)C2CC[C@@H]3[C@H](C)/C=C/C(=O)C2CC2)C[C@@H](O)C[C@@H]1O. The summed E-state index contributed by atoms with van der Waals surface area (Å²) in [6, 6.07) is 0. The summed E-state index contributed by atoms with van der Waals surface area (Å²) >= 11 is 0. The van der Waals surface area contributed by atoms with E-state index in [4.69, 9.17) is 0 Å². The van der Waals surface area contributed by atoms with E-state index < -0.39 is 12.2 Å². The molecule has 0 saturated heterocycles. The molecule has 30 heavy (non-hydrogen) atoms. The molecule has 0 aromatic rings. The molecule has 0 spiro atoms. The summed E-state index contributed by atoms with van der Waals surface area (Å²) in [5, 5.41) is 20.1. The Morgan fingerprint density at radius 1 is 1.20 bits per heavy atom. The Bertz CT molecular complexity index is 784. The molecular formula is C27H38O3. The van der Waals surface area contributed by atoms with E-state index in [2.05, 4.69) is 38.7 Å². The van der Waals surface area contributed by atoms with Gasteiger partial charge in [-0.2, -0.15) is 0 Å². The van der Waals surface area contributed by atoms with Crippen LogP contribution in [0.15, 0.2) is 47.6 Å². The number of ketones is 1. The Hall–Kier alpha value is -1.45. The van der Waals surface area contributed by atoms with Gasteiger partial charge in [0.05, 0.1) is 12.2 Å². The van der Waals surface area contributed by atoms with Crippen molar-refractivity contribution in [1.29, 1.82) is 0 Å². The van der Waals surface area contributed by atoms with Gasteiger partial charge in [-0.3, -0.25) is 4.79 Å². The van der Waals surface area contributed by atoms with Gasteiger partial charge >= 0.3 is 0 Å². The predicted octanol–water partition coefficient (Wildman–Crippen LogP) is 5.30. The van der Waals surface area contributed by atoms with E-state index in [9.17, 15) is 15.0 Å². The first-order valence-electron chi connectivity index (χ1n) is 12.0. The van der Waals surface area contributed by atoms with E-state index in [1.165, 1.54) is 31.3 Å². The number of hydrogen-bond donors (Lipinski definition) is 2. The summed E-state index contributed by atoms with van der Waals surface area (Å²) < 4.78 is 0. The third kappa shape index (κ3) is 4.29. The third-order valence-electron chi connectivity index (χ3n) is 8.48. The lowest BCUT2D eigenvalue weighted by molar-refractivity contribution is -0.115. The highest BCUT2D eigenvalue weighted by molar-refractivity contribution is 5.93. The van der Waals surface area contributed by atoms with E-state index in [0.717, 1.165) is 30.4 Å². The molecule has 0 radical (unpaired) electrons. The number of allylic oxidation sites excluding steroid dienone is 5. The number of hydrogen-bond acceptors (Lipinski definition) is 3. The number of aliphatic hydroxyl groups is 2. The van der Waals surface area contributed by atoms with Crippen molar-refractivity contribution < 1.29 is 15.0 Å². The summed E-state index contributed by atoms with van der Waals surface area (Å²) in [4.78, 5) is 12.1. The fourth-order valence-corrected chi connectivity index (χ4v) is 6.49. The molecule has 164 valence electrons. The van der Waals surface area contributed by atoms with Crippen LogP contribution in [0.1, 0.15) is 71.6 Å². The molecular weight excluding hydrogens is 372 g/mol. The minimum absolute atomic E-state index is 0.289. The normalized spacial score (nSPS) is 40.9. The van der Waals surface area contributed by atoms with Gasteiger partial charge in [0.1, 0.15) is 0 Å². The first kappa shape index (κ1) is 21.8. The second-order valence-electron chi connectivity index (χ2n) is 10.6. The van der Waals surface area contributed by atoms with Gasteiger partial charge in [0.25, 0.3) is 0 Å². The van der Waals surface area contributed by atoms with E-state index >= 15 is 0 Å². The fourth-order valence-electron chi connectivity index (χ4n) is 6.49. The van der Waals surface area contributed by atoms with Gasteiger partial charge in [-0.25, -0.2) is 0 Å². The molecule has 4 saturated carbocycles. The van der Waals surface area contributed by atoms with Crippen LogP contribution in [0.3, 0.4) is 0 Å². The smallest absolute Gasteiger partial charge is 0.158 e. The Balaban J connectivity index is 1.49. The molecule has 2 N–H and O–H groups in total. The molecule has 3 heteroatoms. The summed E-state index contributed by atoms with van der Waals surface area (Å²) in [6.07, 6.45) is 16.5. The van der Waals surface area contributed by atoms with Crippen LogP contribution >= 0.6 is 0 Å². The minimum atomic E-state index is -0.628. The number of carbonyl (C=O) groups is 1. The van der Waals surface area contributed by atoms with Crippen LogP contribution < -0.4 is 0 Å². The summed E-state index contributed by atoms with van der Waals surface area (Å²) in [7, 11) is 0. The van der Waals surface area contributed by atoms with Gasteiger partial charge in [0.2, 0.25) is 0 Å².